The number of rotatable bonds is 8. The maximum atomic E-state index is 12.1. The van der Waals surface area contributed by atoms with Gasteiger partial charge in [-0.05, 0) is 39.0 Å². The summed E-state index contributed by atoms with van der Waals surface area (Å²) in [5, 5.41) is 9.29. The largest absolute Gasteiger partial charge is 0.466 e. The number of hydrogen-bond donors (Lipinski definition) is 1. The van der Waals surface area contributed by atoms with Crippen molar-refractivity contribution in [2.45, 2.75) is 64.3 Å². The highest BCUT2D eigenvalue weighted by molar-refractivity contribution is 5.76. The van der Waals surface area contributed by atoms with Crippen LogP contribution in [0, 0.1) is 0 Å². The lowest BCUT2D eigenvalue weighted by molar-refractivity contribution is -0.143. The lowest BCUT2D eigenvalue weighted by Gasteiger charge is -2.34. The van der Waals surface area contributed by atoms with Crippen LogP contribution in [0.5, 0.6) is 0 Å². The first-order chi connectivity index (χ1) is 9.69. The van der Waals surface area contributed by atoms with Gasteiger partial charge in [0.2, 0.25) is 5.91 Å². The Labute approximate surface area is 121 Å². The van der Waals surface area contributed by atoms with Crippen LogP contribution in [0.1, 0.15) is 58.3 Å². The zero-order chi connectivity index (χ0) is 14.8. The van der Waals surface area contributed by atoms with Gasteiger partial charge in [-0.25, -0.2) is 0 Å². The van der Waals surface area contributed by atoms with Gasteiger partial charge >= 0.3 is 5.97 Å². The predicted octanol–water partition coefficient (Wildman–Crippen LogP) is 1.87. The smallest absolute Gasteiger partial charge is 0.305 e. The SMILES string of the molecule is CCOC(=O)CCCCCC(=O)N1CCCCC1CO. The van der Waals surface area contributed by atoms with Crippen molar-refractivity contribution >= 4 is 11.9 Å². The van der Waals surface area contributed by atoms with E-state index in [1.54, 1.807) is 6.92 Å². The summed E-state index contributed by atoms with van der Waals surface area (Å²) in [5.74, 6) is -0.0184. The molecular formula is C15H27NO4. The Morgan fingerprint density at radius 2 is 1.95 bits per heavy atom. The summed E-state index contributed by atoms with van der Waals surface area (Å²) < 4.78 is 4.85. The van der Waals surface area contributed by atoms with Crippen molar-refractivity contribution in [2.24, 2.45) is 0 Å². The van der Waals surface area contributed by atoms with E-state index in [4.69, 9.17) is 4.74 Å². The van der Waals surface area contributed by atoms with E-state index in [0.717, 1.165) is 45.1 Å². The molecule has 1 fully saturated rings. The third-order valence-corrected chi connectivity index (χ3v) is 3.74. The third-order valence-electron chi connectivity index (χ3n) is 3.74. The fourth-order valence-electron chi connectivity index (χ4n) is 2.62. The number of aliphatic hydroxyl groups is 1. The maximum Gasteiger partial charge on any atom is 0.305 e. The zero-order valence-corrected chi connectivity index (χ0v) is 12.5. The number of esters is 1. The summed E-state index contributed by atoms with van der Waals surface area (Å²) in [6, 6.07) is 0.00998. The Bertz CT molecular complexity index is 306. The lowest BCUT2D eigenvalue weighted by Crippen LogP contribution is -2.45. The molecule has 20 heavy (non-hydrogen) atoms. The molecule has 0 bridgehead atoms. The minimum Gasteiger partial charge on any atom is -0.466 e. The summed E-state index contributed by atoms with van der Waals surface area (Å²) in [7, 11) is 0. The van der Waals surface area contributed by atoms with E-state index in [1.165, 1.54) is 0 Å². The second kappa shape index (κ2) is 9.75. The molecule has 1 heterocycles. The Kier molecular flexibility index (Phi) is 8.26. The fraction of sp³-hybridized carbons (Fsp3) is 0.867. The second-order valence-corrected chi connectivity index (χ2v) is 5.28. The van der Waals surface area contributed by atoms with Gasteiger partial charge in [0, 0.05) is 19.4 Å². The van der Waals surface area contributed by atoms with Gasteiger partial charge in [0.25, 0.3) is 0 Å². The minimum absolute atomic E-state index is 0.00998. The van der Waals surface area contributed by atoms with E-state index in [0.29, 0.717) is 19.4 Å². The quantitative estimate of drug-likeness (QED) is 0.546. The summed E-state index contributed by atoms with van der Waals surface area (Å²) in [6.07, 6.45) is 6.42. The lowest BCUT2D eigenvalue weighted by atomic mass is 10.0. The van der Waals surface area contributed by atoms with Gasteiger partial charge in [0.05, 0.1) is 19.3 Å². The summed E-state index contributed by atoms with van der Waals surface area (Å²) >= 11 is 0. The molecule has 1 aliphatic heterocycles. The minimum atomic E-state index is -0.157. The molecule has 1 saturated heterocycles. The molecule has 0 aromatic heterocycles. The molecule has 1 amide bonds. The van der Waals surface area contributed by atoms with Crippen LogP contribution in [0.15, 0.2) is 0 Å². The molecule has 5 heteroatoms. The average Bonchev–Trinajstić information content (AvgIpc) is 2.47. The van der Waals surface area contributed by atoms with Crippen molar-refractivity contribution in [3.05, 3.63) is 0 Å². The predicted molar refractivity (Wildman–Crippen MR) is 76.2 cm³/mol. The number of likely N-dealkylation sites (tertiary alicyclic amines) is 1. The molecule has 0 aromatic carbocycles. The maximum absolute atomic E-state index is 12.1. The Morgan fingerprint density at radius 3 is 2.65 bits per heavy atom. The van der Waals surface area contributed by atoms with Crippen LogP contribution in [-0.2, 0) is 14.3 Å². The number of unbranched alkanes of at least 4 members (excludes halogenated alkanes) is 2. The first kappa shape index (κ1) is 17.0. The van der Waals surface area contributed by atoms with E-state index in [9.17, 15) is 14.7 Å². The normalized spacial score (nSPS) is 18.9. The highest BCUT2D eigenvalue weighted by Gasteiger charge is 2.25. The molecule has 5 nitrogen and oxygen atoms in total. The van der Waals surface area contributed by atoms with Crippen LogP contribution in [0.2, 0.25) is 0 Å². The van der Waals surface area contributed by atoms with Gasteiger partial charge in [0.1, 0.15) is 0 Å². The molecule has 0 radical (unpaired) electrons. The van der Waals surface area contributed by atoms with Crippen LogP contribution < -0.4 is 0 Å². The number of nitrogens with zero attached hydrogens (tertiary/aromatic N) is 1. The fourth-order valence-corrected chi connectivity index (χ4v) is 2.62. The average molecular weight is 285 g/mol. The van der Waals surface area contributed by atoms with Crippen LogP contribution in [0.4, 0.5) is 0 Å². The van der Waals surface area contributed by atoms with Crippen molar-refractivity contribution in [3.63, 3.8) is 0 Å². The number of amides is 1. The number of carbonyl (C=O) groups excluding carboxylic acids is 2. The molecule has 116 valence electrons. The number of aliphatic hydroxyl groups excluding tert-OH is 1. The number of carbonyl (C=O) groups is 2. The summed E-state index contributed by atoms with van der Waals surface area (Å²) in [5.41, 5.74) is 0. The molecule has 0 saturated carbocycles. The molecule has 0 aliphatic carbocycles. The van der Waals surface area contributed by atoms with Gasteiger partial charge in [-0.1, -0.05) is 6.42 Å². The molecule has 0 aromatic rings. The third kappa shape index (κ3) is 5.90. The van der Waals surface area contributed by atoms with Gasteiger partial charge < -0.3 is 14.7 Å². The first-order valence-corrected chi connectivity index (χ1v) is 7.75. The van der Waals surface area contributed by atoms with Crippen molar-refractivity contribution < 1.29 is 19.4 Å². The molecular weight excluding hydrogens is 258 g/mol. The van der Waals surface area contributed by atoms with Gasteiger partial charge in [0.15, 0.2) is 0 Å². The van der Waals surface area contributed by atoms with Crippen molar-refractivity contribution in [1.82, 2.24) is 4.90 Å². The van der Waals surface area contributed by atoms with Crippen molar-refractivity contribution in [2.75, 3.05) is 19.8 Å². The zero-order valence-electron chi connectivity index (χ0n) is 12.5. The number of piperidine rings is 1. The molecule has 1 atom stereocenters. The van der Waals surface area contributed by atoms with E-state index < -0.39 is 0 Å². The van der Waals surface area contributed by atoms with Crippen LogP contribution in [-0.4, -0.2) is 47.7 Å². The van der Waals surface area contributed by atoms with Crippen molar-refractivity contribution in [1.29, 1.82) is 0 Å². The van der Waals surface area contributed by atoms with E-state index in [2.05, 4.69) is 0 Å². The van der Waals surface area contributed by atoms with E-state index >= 15 is 0 Å². The molecule has 1 rings (SSSR count). The Hall–Kier alpha value is -1.10. The summed E-state index contributed by atoms with van der Waals surface area (Å²) in [4.78, 5) is 25.1. The highest BCUT2D eigenvalue weighted by Crippen LogP contribution is 2.18. The van der Waals surface area contributed by atoms with Gasteiger partial charge in [-0.15, -0.1) is 0 Å². The number of ether oxygens (including phenoxy) is 1. The van der Waals surface area contributed by atoms with Crippen LogP contribution >= 0.6 is 0 Å². The van der Waals surface area contributed by atoms with Crippen molar-refractivity contribution in [3.8, 4) is 0 Å². The summed E-state index contributed by atoms with van der Waals surface area (Å²) in [6.45, 7) is 3.06. The Balaban J connectivity index is 2.14. The number of hydrogen-bond acceptors (Lipinski definition) is 4. The van der Waals surface area contributed by atoms with Gasteiger partial charge in [-0.2, -0.15) is 0 Å². The highest BCUT2D eigenvalue weighted by atomic mass is 16.5. The molecule has 1 unspecified atom stereocenters. The van der Waals surface area contributed by atoms with E-state index in [1.807, 2.05) is 4.90 Å². The molecule has 1 N–H and O–H groups in total. The molecule has 0 spiro atoms. The van der Waals surface area contributed by atoms with Gasteiger partial charge in [-0.3, -0.25) is 9.59 Å². The monoisotopic (exact) mass is 285 g/mol. The topological polar surface area (TPSA) is 66.8 Å². The van der Waals surface area contributed by atoms with Crippen LogP contribution in [0.25, 0.3) is 0 Å². The van der Waals surface area contributed by atoms with E-state index in [-0.39, 0.29) is 24.5 Å². The van der Waals surface area contributed by atoms with Crippen LogP contribution in [0.3, 0.4) is 0 Å². The molecule has 1 aliphatic rings. The Morgan fingerprint density at radius 1 is 1.20 bits per heavy atom. The standard InChI is InChI=1S/C15H27NO4/c1-2-20-15(19)10-5-3-4-9-14(18)16-11-7-6-8-13(16)12-17/h13,17H,2-12H2,1H3. The second-order valence-electron chi connectivity index (χ2n) is 5.28. The first-order valence-electron chi connectivity index (χ1n) is 7.75.